The minimum absolute atomic E-state index is 0.0475. The van der Waals surface area contributed by atoms with Crippen molar-refractivity contribution in [1.29, 1.82) is 0 Å². The van der Waals surface area contributed by atoms with E-state index in [1.807, 2.05) is 4.90 Å². The second kappa shape index (κ2) is 3.20. The van der Waals surface area contributed by atoms with Gasteiger partial charge in [0.05, 0.1) is 0 Å². The third-order valence-corrected chi connectivity index (χ3v) is 2.53. The molecule has 0 aromatic carbocycles. The van der Waals surface area contributed by atoms with E-state index < -0.39 is 0 Å². The van der Waals surface area contributed by atoms with Crippen LogP contribution < -0.4 is 0 Å². The van der Waals surface area contributed by atoms with Crippen molar-refractivity contribution in [3.05, 3.63) is 18.0 Å². The Morgan fingerprint density at radius 3 is 3.15 bits per heavy atom. The highest BCUT2D eigenvalue weighted by Gasteiger charge is 2.26. The molecule has 1 N–H and O–H groups in total. The Bertz CT molecular complexity index is 294. The molecule has 2 heterocycles. The summed E-state index contributed by atoms with van der Waals surface area (Å²) in [6.45, 7) is 2.95. The number of hydrogen-bond donors (Lipinski definition) is 1. The molecule has 70 valence electrons. The smallest absolute Gasteiger partial charge is 0.274 e. The van der Waals surface area contributed by atoms with Crippen molar-refractivity contribution in [3.8, 4) is 0 Å². The van der Waals surface area contributed by atoms with Crippen molar-refractivity contribution in [1.82, 2.24) is 15.1 Å². The molecule has 4 nitrogen and oxygen atoms in total. The maximum Gasteiger partial charge on any atom is 0.274 e. The summed E-state index contributed by atoms with van der Waals surface area (Å²) in [7, 11) is 0. The van der Waals surface area contributed by atoms with Crippen LogP contribution in [0.2, 0.25) is 0 Å². The molecule has 4 heteroatoms. The minimum Gasteiger partial charge on any atom is -0.335 e. The summed E-state index contributed by atoms with van der Waals surface area (Å²) in [5.74, 6) is 0.0475. The lowest BCUT2D eigenvalue weighted by molar-refractivity contribution is 0.0741. The van der Waals surface area contributed by atoms with Gasteiger partial charge in [0.2, 0.25) is 0 Å². The zero-order chi connectivity index (χ0) is 9.26. The van der Waals surface area contributed by atoms with Crippen LogP contribution in [0.3, 0.4) is 0 Å². The van der Waals surface area contributed by atoms with Gasteiger partial charge in [-0.2, -0.15) is 5.10 Å². The van der Waals surface area contributed by atoms with Crippen molar-refractivity contribution in [2.24, 2.45) is 0 Å². The van der Waals surface area contributed by atoms with Gasteiger partial charge in [-0.15, -0.1) is 0 Å². The van der Waals surface area contributed by atoms with E-state index >= 15 is 0 Å². The van der Waals surface area contributed by atoms with Gasteiger partial charge in [0, 0.05) is 18.8 Å². The summed E-state index contributed by atoms with van der Waals surface area (Å²) in [5, 5.41) is 6.53. The maximum atomic E-state index is 11.8. The number of likely N-dealkylation sites (tertiary alicyclic amines) is 1. The Morgan fingerprint density at radius 1 is 1.77 bits per heavy atom. The van der Waals surface area contributed by atoms with Crippen LogP contribution in [0.15, 0.2) is 12.3 Å². The molecule has 1 aromatic rings. The van der Waals surface area contributed by atoms with Crippen LogP contribution in [0.4, 0.5) is 0 Å². The highest BCUT2D eigenvalue weighted by atomic mass is 16.2. The first-order chi connectivity index (χ1) is 6.29. The number of rotatable bonds is 1. The fraction of sp³-hybridized carbons (Fsp3) is 0.556. The van der Waals surface area contributed by atoms with Gasteiger partial charge in [-0.3, -0.25) is 9.89 Å². The van der Waals surface area contributed by atoms with Crippen LogP contribution in [-0.4, -0.2) is 33.6 Å². The Hall–Kier alpha value is -1.32. The molecule has 1 aliphatic rings. The molecular weight excluding hydrogens is 166 g/mol. The van der Waals surface area contributed by atoms with Crippen molar-refractivity contribution >= 4 is 5.91 Å². The normalized spacial score (nSPS) is 22.2. The van der Waals surface area contributed by atoms with E-state index in [0.29, 0.717) is 11.7 Å². The molecule has 2 rings (SSSR count). The third kappa shape index (κ3) is 1.43. The number of amides is 1. The Labute approximate surface area is 76.9 Å². The summed E-state index contributed by atoms with van der Waals surface area (Å²) < 4.78 is 0. The Balaban J connectivity index is 2.13. The molecule has 0 bridgehead atoms. The van der Waals surface area contributed by atoms with Gasteiger partial charge in [0.15, 0.2) is 0 Å². The first-order valence-corrected chi connectivity index (χ1v) is 4.60. The van der Waals surface area contributed by atoms with E-state index in [4.69, 9.17) is 0 Å². The van der Waals surface area contributed by atoms with Crippen molar-refractivity contribution in [2.75, 3.05) is 6.54 Å². The quantitative estimate of drug-likeness (QED) is 0.700. The van der Waals surface area contributed by atoms with Gasteiger partial charge in [-0.25, -0.2) is 0 Å². The number of H-pyrrole nitrogens is 1. The average Bonchev–Trinajstić information content (AvgIpc) is 2.72. The van der Waals surface area contributed by atoms with Crippen LogP contribution >= 0.6 is 0 Å². The number of carbonyl (C=O) groups excluding carboxylic acids is 1. The molecule has 1 saturated heterocycles. The van der Waals surface area contributed by atoms with Gasteiger partial charge in [-0.05, 0) is 25.8 Å². The molecule has 13 heavy (non-hydrogen) atoms. The van der Waals surface area contributed by atoms with Crippen LogP contribution in [0.5, 0.6) is 0 Å². The van der Waals surface area contributed by atoms with E-state index in [-0.39, 0.29) is 5.91 Å². The van der Waals surface area contributed by atoms with Crippen molar-refractivity contribution < 1.29 is 4.79 Å². The minimum atomic E-state index is 0.0475. The number of aromatic amines is 1. The van der Waals surface area contributed by atoms with Crippen LogP contribution in [0.25, 0.3) is 0 Å². The topological polar surface area (TPSA) is 49.0 Å². The lowest BCUT2D eigenvalue weighted by Gasteiger charge is -2.19. The molecule has 1 atom stereocenters. The summed E-state index contributed by atoms with van der Waals surface area (Å²) in [6.07, 6.45) is 3.89. The van der Waals surface area contributed by atoms with E-state index in [2.05, 4.69) is 17.1 Å². The van der Waals surface area contributed by atoms with Gasteiger partial charge < -0.3 is 4.90 Å². The van der Waals surface area contributed by atoms with Crippen LogP contribution in [-0.2, 0) is 0 Å². The van der Waals surface area contributed by atoms with Crippen LogP contribution in [0.1, 0.15) is 30.3 Å². The van der Waals surface area contributed by atoms with Gasteiger partial charge in [-0.1, -0.05) is 0 Å². The molecule has 0 spiro atoms. The lowest BCUT2D eigenvalue weighted by atomic mass is 10.2. The second-order valence-electron chi connectivity index (χ2n) is 3.45. The first kappa shape index (κ1) is 8.29. The van der Waals surface area contributed by atoms with E-state index in [1.54, 1.807) is 12.3 Å². The fourth-order valence-electron chi connectivity index (χ4n) is 1.76. The van der Waals surface area contributed by atoms with Crippen molar-refractivity contribution in [2.45, 2.75) is 25.8 Å². The van der Waals surface area contributed by atoms with Crippen molar-refractivity contribution in [3.63, 3.8) is 0 Å². The maximum absolute atomic E-state index is 11.8. The molecule has 0 radical (unpaired) electrons. The second-order valence-corrected chi connectivity index (χ2v) is 3.45. The van der Waals surface area contributed by atoms with Gasteiger partial charge >= 0.3 is 0 Å². The Morgan fingerprint density at radius 2 is 2.62 bits per heavy atom. The molecule has 0 unspecified atom stereocenters. The summed E-state index contributed by atoms with van der Waals surface area (Å²) in [5.41, 5.74) is 0.522. The van der Waals surface area contributed by atoms with Gasteiger partial charge in [0.25, 0.3) is 5.91 Å². The zero-order valence-electron chi connectivity index (χ0n) is 7.66. The number of carbonyl (C=O) groups is 1. The van der Waals surface area contributed by atoms with E-state index in [9.17, 15) is 4.79 Å². The van der Waals surface area contributed by atoms with Gasteiger partial charge in [0.1, 0.15) is 5.69 Å². The molecule has 1 aromatic heterocycles. The highest BCUT2D eigenvalue weighted by molar-refractivity contribution is 5.92. The predicted octanol–water partition coefficient (Wildman–Crippen LogP) is 1.03. The summed E-state index contributed by atoms with van der Waals surface area (Å²) in [6, 6.07) is 2.08. The molecular formula is C9H13N3O. The Kier molecular flexibility index (Phi) is 2.04. The molecule has 1 aliphatic heterocycles. The molecule has 0 saturated carbocycles. The third-order valence-electron chi connectivity index (χ3n) is 2.53. The van der Waals surface area contributed by atoms with Crippen LogP contribution in [0, 0.1) is 0 Å². The zero-order valence-corrected chi connectivity index (χ0v) is 7.66. The van der Waals surface area contributed by atoms with E-state index in [1.165, 1.54) is 0 Å². The predicted molar refractivity (Wildman–Crippen MR) is 48.3 cm³/mol. The SMILES string of the molecule is C[C@@H]1CCCN1C(=O)c1cc[nH]n1. The highest BCUT2D eigenvalue weighted by Crippen LogP contribution is 2.18. The summed E-state index contributed by atoms with van der Waals surface area (Å²) in [4.78, 5) is 13.6. The molecule has 1 fully saturated rings. The standard InChI is InChI=1S/C9H13N3O/c1-7-3-2-6-12(7)9(13)8-4-5-10-11-8/h4-5,7H,2-3,6H2,1H3,(H,10,11)/t7-/m1/s1. The molecule has 0 aliphatic carbocycles. The number of nitrogens with zero attached hydrogens (tertiary/aromatic N) is 2. The number of hydrogen-bond acceptors (Lipinski definition) is 2. The average molecular weight is 179 g/mol. The number of nitrogens with one attached hydrogen (secondary N) is 1. The first-order valence-electron chi connectivity index (χ1n) is 4.60. The lowest BCUT2D eigenvalue weighted by Crippen LogP contribution is -2.33. The molecule has 1 amide bonds. The van der Waals surface area contributed by atoms with E-state index in [0.717, 1.165) is 19.4 Å². The largest absolute Gasteiger partial charge is 0.335 e. The fourth-order valence-corrected chi connectivity index (χ4v) is 1.76. The number of aromatic nitrogens is 2. The monoisotopic (exact) mass is 179 g/mol. The summed E-state index contributed by atoms with van der Waals surface area (Å²) >= 11 is 0.